The number of carbonyl (C=O) groups excluding carboxylic acids is 5. The molecule has 8 heteroatoms. The van der Waals surface area contributed by atoms with E-state index in [4.69, 9.17) is 4.74 Å². The molecule has 0 radical (unpaired) electrons. The molecule has 6 aliphatic carbocycles. The minimum absolute atomic E-state index is 0.00514. The number of anilines is 1. The third-order valence-corrected chi connectivity index (χ3v) is 16.8. The summed E-state index contributed by atoms with van der Waals surface area (Å²) in [5.74, 6) is 2.53. The van der Waals surface area contributed by atoms with E-state index in [9.17, 15) is 24.0 Å². The number of methoxy groups -OCH3 is 1. The van der Waals surface area contributed by atoms with Crippen LogP contribution in [0, 0.1) is 46.8 Å². The standard InChI is InChI=1S/C53H72N2O6/c1-61-51(59)40-21-13-22-42(32-40)54-52(60)55-47(50(58)38-17-9-8-16-37(19-12-20-38)36-14-6-4-2-3-5-7-15-36)33-48(56)46-34-53(46)28-26-35(27-29-53)30-41-31-39-18-10-11-23-43(39)44-24-25-45(44)49(41)57/h10-11,13,18,21-23,32,35-38,41,44-47H,2-9,12,14-17,19-20,24-31,33-34H2,1H3,(H2,54,55,60)/t35?,37?,38?,41?,44?,45-,46-,47?,53?/m1/s1. The predicted molar refractivity (Wildman–Crippen MR) is 239 cm³/mol. The first kappa shape index (κ1) is 43.8. The monoisotopic (exact) mass is 833 g/mol. The Morgan fingerprint density at radius 1 is 0.738 bits per heavy atom. The molecule has 0 aromatic heterocycles. The highest BCUT2D eigenvalue weighted by Crippen LogP contribution is 2.63. The predicted octanol–water partition coefficient (Wildman–Crippen LogP) is 11.7. The van der Waals surface area contributed by atoms with Crippen LogP contribution in [-0.2, 0) is 25.5 Å². The van der Waals surface area contributed by atoms with Crippen molar-refractivity contribution in [2.75, 3.05) is 12.4 Å². The SMILES string of the molecule is COC(=O)c1cccc(NC(=O)NC(CC(=O)[C@H]2CC23CCC(CC2Cc4ccccc4C4CC[C@H]4C2=O)CC3)C(=O)C2CCCCC(C3CCCCCCCC3)CCC2)c1. The summed E-state index contributed by atoms with van der Waals surface area (Å²) in [4.78, 5) is 68.5. The van der Waals surface area contributed by atoms with Gasteiger partial charge >= 0.3 is 12.0 Å². The number of benzene rings is 2. The number of fused-ring (bicyclic) bond motifs is 3. The topological polar surface area (TPSA) is 119 Å². The maximum Gasteiger partial charge on any atom is 0.337 e. The van der Waals surface area contributed by atoms with Crippen molar-refractivity contribution in [3.8, 4) is 0 Å². The number of ether oxygens (including phenoxy) is 1. The van der Waals surface area contributed by atoms with Gasteiger partial charge in [-0.15, -0.1) is 0 Å². The number of amides is 2. The smallest absolute Gasteiger partial charge is 0.337 e. The first-order valence-corrected chi connectivity index (χ1v) is 24.6. The molecule has 2 N–H and O–H groups in total. The van der Waals surface area contributed by atoms with Crippen molar-refractivity contribution in [2.24, 2.45) is 46.8 Å². The van der Waals surface area contributed by atoms with Crippen LogP contribution in [-0.4, -0.2) is 42.5 Å². The van der Waals surface area contributed by atoms with Crippen molar-refractivity contribution in [3.05, 3.63) is 65.2 Å². The molecular formula is C53H72N2O6. The quantitative estimate of drug-likeness (QED) is 0.218. The molecule has 5 unspecified atom stereocenters. The Hall–Kier alpha value is -3.81. The number of urea groups is 1. The Morgan fingerprint density at radius 2 is 1.39 bits per heavy atom. The zero-order valence-corrected chi connectivity index (χ0v) is 36.9. The van der Waals surface area contributed by atoms with Crippen molar-refractivity contribution < 1.29 is 28.7 Å². The first-order chi connectivity index (χ1) is 29.7. The molecule has 1 spiro atoms. The van der Waals surface area contributed by atoms with E-state index in [-0.39, 0.29) is 47.1 Å². The van der Waals surface area contributed by atoms with Gasteiger partial charge in [0, 0.05) is 35.8 Å². The molecule has 7 atom stereocenters. The molecule has 8 nitrogen and oxygen atoms in total. The Bertz CT molecular complexity index is 1870. The zero-order chi connectivity index (χ0) is 42.3. The lowest BCUT2D eigenvalue weighted by atomic mass is 9.66. The van der Waals surface area contributed by atoms with Gasteiger partial charge in [-0.05, 0) is 129 Å². The van der Waals surface area contributed by atoms with Crippen molar-refractivity contribution in [1.29, 1.82) is 0 Å². The second-order valence-corrected chi connectivity index (χ2v) is 20.5. The number of nitrogens with one attached hydrogen (secondary N) is 2. The highest BCUT2D eigenvalue weighted by molar-refractivity contribution is 5.99. The summed E-state index contributed by atoms with van der Waals surface area (Å²) < 4.78 is 4.87. The van der Waals surface area contributed by atoms with Crippen molar-refractivity contribution in [3.63, 3.8) is 0 Å². The highest BCUT2D eigenvalue weighted by atomic mass is 16.5. The second kappa shape index (κ2) is 20.1. The maximum absolute atomic E-state index is 14.6. The molecule has 0 bridgehead atoms. The van der Waals surface area contributed by atoms with Crippen LogP contribution in [0.15, 0.2) is 48.5 Å². The number of rotatable bonds is 11. The van der Waals surface area contributed by atoms with E-state index < -0.39 is 18.0 Å². The van der Waals surface area contributed by atoms with E-state index in [1.54, 1.807) is 24.3 Å². The Labute approximate surface area is 364 Å². The van der Waals surface area contributed by atoms with Crippen LogP contribution in [0.1, 0.15) is 182 Å². The summed E-state index contributed by atoms with van der Waals surface area (Å²) in [5.41, 5.74) is 3.49. The van der Waals surface area contributed by atoms with Gasteiger partial charge < -0.3 is 15.4 Å². The Morgan fingerprint density at radius 3 is 2.11 bits per heavy atom. The lowest BCUT2D eigenvalue weighted by Gasteiger charge is -2.37. The number of esters is 1. The van der Waals surface area contributed by atoms with Gasteiger partial charge in [-0.25, -0.2) is 9.59 Å². The molecule has 8 rings (SSSR count). The fourth-order valence-electron chi connectivity index (χ4n) is 13.0. The van der Waals surface area contributed by atoms with Crippen molar-refractivity contribution >= 4 is 35.0 Å². The van der Waals surface area contributed by atoms with E-state index >= 15 is 0 Å². The normalized spacial score (nSPS) is 31.4. The average Bonchev–Trinajstić information content (AvgIpc) is 3.91. The summed E-state index contributed by atoms with van der Waals surface area (Å²) in [6.07, 6.45) is 26.9. The molecule has 0 saturated heterocycles. The van der Waals surface area contributed by atoms with Crippen LogP contribution in [0.4, 0.5) is 10.5 Å². The van der Waals surface area contributed by atoms with Crippen LogP contribution in [0.3, 0.4) is 0 Å². The van der Waals surface area contributed by atoms with Gasteiger partial charge in [0.2, 0.25) is 0 Å². The van der Waals surface area contributed by atoms with Gasteiger partial charge in [0.15, 0.2) is 5.78 Å². The minimum Gasteiger partial charge on any atom is -0.465 e. The van der Waals surface area contributed by atoms with E-state index in [2.05, 4.69) is 34.9 Å². The number of carbonyl (C=O) groups is 5. The summed E-state index contributed by atoms with van der Waals surface area (Å²) in [7, 11) is 1.32. The lowest BCUT2D eigenvalue weighted by molar-refractivity contribution is -0.130. The van der Waals surface area contributed by atoms with Gasteiger partial charge in [-0.2, -0.15) is 0 Å². The van der Waals surface area contributed by atoms with Gasteiger partial charge in [-0.3, -0.25) is 14.4 Å². The largest absolute Gasteiger partial charge is 0.465 e. The lowest BCUT2D eigenvalue weighted by Crippen LogP contribution is -2.47. The Balaban J connectivity index is 0.898. The molecule has 5 saturated carbocycles. The number of hydrogen-bond acceptors (Lipinski definition) is 6. The fourth-order valence-corrected chi connectivity index (χ4v) is 13.0. The van der Waals surface area contributed by atoms with E-state index in [0.717, 1.165) is 108 Å². The van der Waals surface area contributed by atoms with Crippen LogP contribution >= 0.6 is 0 Å². The van der Waals surface area contributed by atoms with E-state index in [1.165, 1.54) is 76.0 Å². The first-order valence-electron chi connectivity index (χ1n) is 24.6. The number of hydrogen-bond donors (Lipinski definition) is 2. The van der Waals surface area contributed by atoms with Gasteiger partial charge in [0.25, 0.3) is 0 Å². The molecule has 61 heavy (non-hydrogen) atoms. The second-order valence-electron chi connectivity index (χ2n) is 20.5. The van der Waals surface area contributed by atoms with Crippen LogP contribution < -0.4 is 10.6 Å². The number of Topliss-reactive ketones (excluding diaryl/α,β-unsaturated/α-hetero) is 3. The van der Waals surface area contributed by atoms with Gasteiger partial charge in [-0.1, -0.05) is 114 Å². The molecule has 2 amide bonds. The third-order valence-electron chi connectivity index (χ3n) is 16.8. The molecular weight excluding hydrogens is 761 g/mol. The number of ketones is 3. The van der Waals surface area contributed by atoms with Crippen molar-refractivity contribution in [1.82, 2.24) is 5.32 Å². The molecule has 2 aromatic carbocycles. The molecule has 0 heterocycles. The summed E-state index contributed by atoms with van der Waals surface area (Å²) in [6, 6.07) is 13.8. The molecule has 6 aliphatic rings. The Kier molecular flexibility index (Phi) is 14.5. The van der Waals surface area contributed by atoms with E-state index in [1.807, 2.05) is 0 Å². The van der Waals surface area contributed by atoms with Crippen LogP contribution in [0.5, 0.6) is 0 Å². The highest BCUT2D eigenvalue weighted by Gasteiger charge is 2.58. The fraction of sp³-hybridized carbons (Fsp3) is 0.679. The average molecular weight is 833 g/mol. The van der Waals surface area contributed by atoms with E-state index in [0.29, 0.717) is 28.9 Å². The zero-order valence-electron chi connectivity index (χ0n) is 36.9. The summed E-state index contributed by atoms with van der Waals surface area (Å²) in [5, 5.41) is 5.80. The molecule has 5 fully saturated rings. The third kappa shape index (κ3) is 10.5. The maximum atomic E-state index is 14.6. The molecule has 2 aromatic rings. The molecule has 0 aliphatic heterocycles. The molecule has 330 valence electrons. The van der Waals surface area contributed by atoms with Crippen LogP contribution in [0.2, 0.25) is 0 Å². The minimum atomic E-state index is -0.902. The van der Waals surface area contributed by atoms with Gasteiger partial charge in [0.1, 0.15) is 11.6 Å². The van der Waals surface area contributed by atoms with Crippen LogP contribution in [0.25, 0.3) is 0 Å². The van der Waals surface area contributed by atoms with Crippen molar-refractivity contribution in [2.45, 2.75) is 172 Å². The van der Waals surface area contributed by atoms with Gasteiger partial charge in [0.05, 0.1) is 18.7 Å². The summed E-state index contributed by atoms with van der Waals surface area (Å²) >= 11 is 0. The summed E-state index contributed by atoms with van der Waals surface area (Å²) in [6.45, 7) is 0.